The van der Waals surface area contributed by atoms with Crippen molar-refractivity contribution >= 4 is 10.3 Å². The van der Waals surface area contributed by atoms with Crippen molar-refractivity contribution in [1.29, 1.82) is 0 Å². The Morgan fingerprint density at radius 3 is 2.43 bits per heavy atom. The molecular formula is C9H19NO3S. The summed E-state index contributed by atoms with van der Waals surface area (Å²) >= 11 is 0. The SMILES string of the molecule is O=S(=O)(O)NCCCC1CCCCC1. The van der Waals surface area contributed by atoms with Crippen LogP contribution in [0.5, 0.6) is 0 Å². The van der Waals surface area contributed by atoms with Crippen molar-refractivity contribution < 1.29 is 13.0 Å². The fourth-order valence-electron chi connectivity index (χ4n) is 2.07. The molecule has 0 amide bonds. The zero-order valence-electron chi connectivity index (χ0n) is 8.41. The molecule has 0 saturated heterocycles. The van der Waals surface area contributed by atoms with Gasteiger partial charge >= 0.3 is 10.3 Å². The van der Waals surface area contributed by atoms with Gasteiger partial charge in [0.1, 0.15) is 0 Å². The van der Waals surface area contributed by atoms with Gasteiger partial charge in [0, 0.05) is 6.54 Å². The third-order valence-corrected chi connectivity index (χ3v) is 3.37. The lowest BCUT2D eigenvalue weighted by molar-refractivity contribution is 0.332. The van der Waals surface area contributed by atoms with Crippen LogP contribution in [0.2, 0.25) is 0 Å². The highest BCUT2D eigenvalue weighted by Crippen LogP contribution is 2.26. The Labute approximate surface area is 86.0 Å². The van der Waals surface area contributed by atoms with Crippen LogP contribution in [-0.4, -0.2) is 19.5 Å². The highest BCUT2D eigenvalue weighted by molar-refractivity contribution is 7.83. The van der Waals surface area contributed by atoms with E-state index in [-0.39, 0.29) is 0 Å². The Balaban J connectivity index is 2.03. The normalized spacial score (nSPS) is 19.8. The molecule has 0 aliphatic heterocycles. The number of rotatable bonds is 5. The van der Waals surface area contributed by atoms with Gasteiger partial charge in [0.25, 0.3) is 0 Å². The van der Waals surface area contributed by atoms with Crippen LogP contribution in [-0.2, 0) is 10.3 Å². The van der Waals surface area contributed by atoms with Crippen LogP contribution in [0.4, 0.5) is 0 Å². The van der Waals surface area contributed by atoms with Crippen molar-refractivity contribution in [2.24, 2.45) is 5.92 Å². The van der Waals surface area contributed by atoms with E-state index in [0.29, 0.717) is 6.54 Å². The summed E-state index contributed by atoms with van der Waals surface area (Å²) in [5, 5.41) is 0. The molecule has 1 aliphatic rings. The van der Waals surface area contributed by atoms with Gasteiger partial charge in [-0.2, -0.15) is 13.1 Å². The van der Waals surface area contributed by atoms with E-state index in [0.717, 1.165) is 18.8 Å². The average Bonchev–Trinajstić information content (AvgIpc) is 2.13. The molecule has 0 radical (unpaired) electrons. The fraction of sp³-hybridized carbons (Fsp3) is 1.00. The standard InChI is InChI=1S/C9H19NO3S/c11-14(12,13)10-8-4-7-9-5-2-1-3-6-9/h9-10H,1-8H2,(H,11,12,13). The summed E-state index contributed by atoms with van der Waals surface area (Å²) in [4.78, 5) is 0. The first-order valence-corrected chi connectivity index (χ1v) is 6.74. The summed E-state index contributed by atoms with van der Waals surface area (Å²) in [5.41, 5.74) is 0. The molecule has 0 aromatic rings. The van der Waals surface area contributed by atoms with E-state index in [1.54, 1.807) is 0 Å². The lowest BCUT2D eigenvalue weighted by atomic mass is 9.86. The van der Waals surface area contributed by atoms with E-state index in [4.69, 9.17) is 4.55 Å². The third kappa shape index (κ3) is 5.57. The zero-order valence-corrected chi connectivity index (χ0v) is 9.22. The first kappa shape index (κ1) is 11.9. The van der Waals surface area contributed by atoms with Crippen molar-refractivity contribution in [2.45, 2.75) is 44.9 Å². The second kappa shape index (κ2) is 5.68. The molecule has 0 heterocycles. The minimum atomic E-state index is -3.98. The van der Waals surface area contributed by atoms with Crippen LogP contribution in [0.25, 0.3) is 0 Å². The van der Waals surface area contributed by atoms with E-state index in [2.05, 4.69) is 4.72 Å². The van der Waals surface area contributed by atoms with E-state index in [9.17, 15) is 8.42 Å². The molecule has 5 heteroatoms. The molecule has 0 atom stereocenters. The van der Waals surface area contributed by atoms with Gasteiger partial charge < -0.3 is 0 Å². The Morgan fingerprint density at radius 1 is 1.21 bits per heavy atom. The van der Waals surface area contributed by atoms with Gasteiger partial charge in [0.15, 0.2) is 0 Å². The molecule has 84 valence electrons. The summed E-state index contributed by atoms with van der Waals surface area (Å²) in [7, 11) is -3.98. The molecule has 14 heavy (non-hydrogen) atoms. The number of nitrogens with one attached hydrogen (secondary N) is 1. The van der Waals surface area contributed by atoms with Crippen molar-refractivity contribution in [3.05, 3.63) is 0 Å². The molecule has 4 nitrogen and oxygen atoms in total. The lowest BCUT2D eigenvalue weighted by Crippen LogP contribution is -2.24. The van der Waals surface area contributed by atoms with Crippen LogP contribution in [0, 0.1) is 5.92 Å². The van der Waals surface area contributed by atoms with Gasteiger partial charge in [0.2, 0.25) is 0 Å². The van der Waals surface area contributed by atoms with Crippen molar-refractivity contribution in [3.8, 4) is 0 Å². The molecule has 0 spiro atoms. The molecule has 0 unspecified atom stereocenters. The van der Waals surface area contributed by atoms with Crippen LogP contribution < -0.4 is 4.72 Å². The number of hydrogen-bond donors (Lipinski definition) is 2. The molecule has 0 bridgehead atoms. The summed E-state index contributed by atoms with van der Waals surface area (Å²) in [6.45, 7) is 0.356. The zero-order chi connectivity index (χ0) is 10.4. The van der Waals surface area contributed by atoms with Gasteiger partial charge in [-0.25, -0.2) is 0 Å². The monoisotopic (exact) mass is 221 g/mol. The van der Waals surface area contributed by atoms with Crippen LogP contribution >= 0.6 is 0 Å². The quantitative estimate of drug-likeness (QED) is 0.549. The van der Waals surface area contributed by atoms with Gasteiger partial charge in [-0.1, -0.05) is 32.1 Å². The summed E-state index contributed by atoms with van der Waals surface area (Å²) in [6, 6.07) is 0. The highest BCUT2D eigenvalue weighted by atomic mass is 32.2. The fourth-order valence-corrected chi connectivity index (χ4v) is 2.47. The Kier molecular flexibility index (Phi) is 4.84. The Hall–Kier alpha value is -0.130. The lowest BCUT2D eigenvalue weighted by Gasteiger charge is -2.21. The second-order valence-corrected chi connectivity index (χ2v) is 5.25. The smallest absolute Gasteiger partial charge is 0.273 e. The van der Waals surface area contributed by atoms with Crippen LogP contribution in [0.3, 0.4) is 0 Å². The molecule has 0 aromatic heterocycles. The topological polar surface area (TPSA) is 66.4 Å². The van der Waals surface area contributed by atoms with Crippen LogP contribution in [0.15, 0.2) is 0 Å². The molecule has 1 rings (SSSR count). The second-order valence-electron chi connectivity index (χ2n) is 4.02. The van der Waals surface area contributed by atoms with E-state index in [1.165, 1.54) is 32.1 Å². The van der Waals surface area contributed by atoms with E-state index in [1.807, 2.05) is 0 Å². The Morgan fingerprint density at radius 2 is 1.86 bits per heavy atom. The van der Waals surface area contributed by atoms with Gasteiger partial charge in [-0.15, -0.1) is 0 Å². The Bertz CT molecular complexity index is 245. The summed E-state index contributed by atoms with van der Waals surface area (Å²) < 4.78 is 31.2. The number of hydrogen-bond acceptors (Lipinski definition) is 2. The predicted octanol–water partition coefficient (Wildman–Crippen LogP) is 1.74. The van der Waals surface area contributed by atoms with Crippen LogP contribution in [0.1, 0.15) is 44.9 Å². The molecule has 1 aliphatic carbocycles. The first-order chi connectivity index (χ1) is 6.58. The van der Waals surface area contributed by atoms with Gasteiger partial charge in [0.05, 0.1) is 0 Å². The van der Waals surface area contributed by atoms with E-state index >= 15 is 0 Å². The van der Waals surface area contributed by atoms with Crippen molar-refractivity contribution in [3.63, 3.8) is 0 Å². The largest absolute Gasteiger partial charge is 0.333 e. The molecule has 2 N–H and O–H groups in total. The van der Waals surface area contributed by atoms with Gasteiger partial charge in [-0.3, -0.25) is 4.55 Å². The maximum Gasteiger partial charge on any atom is 0.333 e. The molecule has 1 fully saturated rings. The molecule has 0 aromatic carbocycles. The minimum absolute atomic E-state index is 0.356. The molecule has 1 saturated carbocycles. The van der Waals surface area contributed by atoms with Crippen molar-refractivity contribution in [1.82, 2.24) is 4.72 Å². The molecular weight excluding hydrogens is 202 g/mol. The first-order valence-electron chi connectivity index (χ1n) is 5.30. The minimum Gasteiger partial charge on any atom is -0.273 e. The summed E-state index contributed by atoms with van der Waals surface area (Å²) in [6.07, 6.45) is 8.44. The van der Waals surface area contributed by atoms with Gasteiger partial charge in [-0.05, 0) is 18.8 Å². The maximum absolute atomic E-state index is 10.3. The van der Waals surface area contributed by atoms with Crippen molar-refractivity contribution in [2.75, 3.05) is 6.54 Å². The predicted molar refractivity (Wildman–Crippen MR) is 55.4 cm³/mol. The summed E-state index contributed by atoms with van der Waals surface area (Å²) in [5.74, 6) is 0.770. The highest BCUT2D eigenvalue weighted by Gasteiger charge is 2.12. The third-order valence-electron chi connectivity index (χ3n) is 2.80. The van der Waals surface area contributed by atoms with E-state index < -0.39 is 10.3 Å². The average molecular weight is 221 g/mol. The maximum atomic E-state index is 10.3.